The first-order chi connectivity index (χ1) is 10.7. The van der Waals surface area contributed by atoms with Crippen molar-refractivity contribution in [1.29, 1.82) is 0 Å². The highest BCUT2D eigenvalue weighted by Gasteiger charge is 2.17. The van der Waals surface area contributed by atoms with E-state index in [1.54, 1.807) is 6.33 Å². The lowest BCUT2D eigenvalue weighted by Crippen LogP contribution is -2.04. The lowest BCUT2D eigenvalue weighted by molar-refractivity contribution is 0.600. The first-order valence-corrected chi connectivity index (χ1v) is 7.43. The molecule has 0 atom stereocenters. The van der Waals surface area contributed by atoms with Gasteiger partial charge in [0.1, 0.15) is 17.8 Å². The largest absolute Gasteiger partial charge is 0.346 e. The molecule has 0 aliphatic heterocycles. The van der Waals surface area contributed by atoms with Crippen LogP contribution in [-0.4, -0.2) is 24.5 Å². The second kappa shape index (κ2) is 4.66. The summed E-state index contributed by atoms with van der Waals surface area (Å²) in [5.41, 5.74) is 5.04. The molecule has 0 aliphatic carbocycles. The molecule has 0 saturated carbocycles. The van der Waals surface area contributed by atoms with Crippen molar-refractivity contribution in [2.24, 2.45) is 0 Å². The number of aromatic nitrogens is 5. The fourth-order valence-electron chi connectivity index (χ4n) is 3.17. The van der Waals surface area contributed by atoms with Crippen LogP contribution in [0.2, 0.25) is 0 Å². The van der Waals surface area contributed by atoms with Gasteiger partial charge in [0.2, 0.25) is 0 Å². The normalized spacial score (nSPS) is 11.8. The zero-order valence-electron chi connectivity index (χ0n) is 12.8. The van der Waals surface area contributed by atoms with Crippen molar-refractivity contribution >= 4 is 22.1 Å². The molecule has 0 aliphatic rings. The van der Waals surface area contributed by atoms with Crippen LogP contribution in [0.4, 0.5) is 0 Å². The fraction of sp³-hybridized carbons (Fsp3) is 0.235. The molecular formula is C17H17N5. The summed E-state index contributed by atoms with van der Waals surface area (Å²) in [6, 6.07) is 8.56. The van der Waals surface area contributed by atoms with Gasteiger partial charge in [-0.1, -0.05) is 12.1 Å². The minimum absolute atomic E-state index is 0.342. The minimum Gasteiger partial charge on any atom is -0.346 e. The maximum absolute atomic E-state index is 4.70. The predicted molar refractivity (Wildman–Crippen MR) is 87.7 cm³/mol. The van der Waals surface area contributed by atoms with Crippen LogP contribution >= 0.6 is 0 Å². The Kier molecular flexibility index (Phi) is 2.76. The summed E-state index contributed by atoms with van der Waals surface area (Å²) >= 11 is 0. The molecule has 0 saturated heterocycles. The predicted octanol–water partition coefficient (Wildman–Crippen LogP) is 3.86. The van der Waals surface area contributed by atoms with Crippen molar-refractivity contribution in [3.8, 4) is 11.3 Å². The molecule has 0 radical (unpaired) electrons. The van der Waals surface area contributed by atoms with Gasteiger partial charge in [0, 0.05) is 23.2 Å². The van der Waals surface area contributed by atoms with E-state index in [0.29, 0.717) is 6.04 Å². The van der Waals surface area contributed by atoms with E-state index in [1.807, 2.05) is 18.3 Å². The number of aromatic amines is 1. The summed E-state index contributed by atoms with van der Waals surface area (Å²) in [6.07, 6.45) is 3.50. The molecule has 0 amide bonds. The first kappa shape index (κ1) is 13.0. The van der Waals surface area contributed by atoms with Crippen molar-refractivity contribution < 1.29 is 0 Å². The number of fused-ring (bicyclic) bond motifs is 2. The molecule has 1 aromatic carbocycles. The van der Waals surface area contributed by atoms with Gasteiger partial charge in [-0.3, -0.25) is 0 Å². The lowest BCUT2D eigenvalue weighted by atomic mass is 10.1. The van der Waals surface area contributed by atoms with Crippen LogP contribution in [0.15, 0.2) is 36.8 Å². The van der Waals surface area contributed by atoms with Crippen LogP contribution in [0.1, 0.15) is 25.7 Å². The molecule has 0 fully saturated rings. The molecule has 0 bridgehead atoms. The Morgan fingerprint density at radius 1 is 1.14 bits per heavy atom. The quantitative estimate of drug-likeness (QED) is 0.610. The average Bonchev–Trinajstić information content (AvgIpc) is 3.09. The van der Waals surface area contributed by atoms with E-state index < -0.39 is 0 Å². The van der Waals surface area contributed by atoms with Gasteiger partial charge in [-0.15, -0.1) is 0 Å². The molecule has 110 valence electrons. The van der Waals surface area contributed by atoms with E-state index in [0.717, 1.165) is 39.1 Å². The molecule has 3 aromatic heterocycles. The van der Waals surface area contributed by atoms with Gasteiger partial charge in [-0.25, -0.2) is 15.0 Å². The van der Waals surface area contributed by atoms with Crippen LogP contribution in [0.5, 0.6) is 0 Å². The third-order valence-corrected chi connectivity index (χ3v) is 4.01. The summed E-state index contributed by atoms with van der Waals surface area (Å²) < 4.78 is 2.27. The topological polar surface area (TPSA) is 59.4 Å². The number of imidazole rings is 1. The van der Waals surface area contributed by atoms with Crippen LogP contribution in [0.25, 0.3) is 33.3 Å². The van der Waals surface area contributed by atoms with E-state index in [4.69, 9.17) is 4.98 Å². The van der Waals surface area contributed by atoms with Crippen LogP contribution in [0, 0.1) is 6.92 Å². The van der Waals surface area contributed by atoms with Crippen molar-refractivity contribution in [3.63, 3.8) is 0 Å². The molecule has 4 aromatic rings. The van der Waals surface area contributed by atoms with Gasteiger partial charge < -0.3 is 9.55 Å². The lowest BCUT2D eigenvalue weighted by Gasteiger charge is -2.13. The molecule has 1 N–H and O–H groups in total. The summed E-state index contributed by atoms with van der Waals surface area (Å²) in [5.74, 6) is 1.02. The number of para-hydroxylation sites is 1. The Labute approximate surface area is 128 Å². The zero-order chi connectivity index (χ0) is 15.3. The Morgan fingerprint density at radius 3 is 2.82 bits per heavy atom. The molecular weight excluding hydrogens is 274 g/mol. The van der Waals surface area contributed by atoms with Gasteiger partial charge in [-0.2, -0.15) is 0 Å². The molecule has 22 heavy (non-hydrogen) atoms. The zero-order valence-corrected chi connectivity index (χ0v) is 12.8. The second-order valence-electron chi connectivity index (χ2n) is 5.76. The second-order valence-corrected chi connectivity index (χ2v) is 5.76. The van der Waals surface area contributed by atoms with Crippen molar-refractivity contribution in [3.05, 3.63) is 42.6 Å². The molecule has 3 heterocycles. The van der Waals surface area contributed by atoms with Gasteiger partial charge in [0.15, 0.2) is 0 Å². The minimum atomic E-state index is 0.342. The summed E-state index contributed by atoms with van der Waals surface area (Å²) in [7, 11) is 0. The average molecular weight is 291 g/mol. The molecule has 4 rings (SSSR count). The molecule has 5 nitrogen and oxygen atoms in total. The van der Waals surface area contributed by atoms with Crippen LogP contribution in [-0.2, 0) is 0 Å². The number of hydrogen-bond donors (Lipinski definition) is 1. The molecule has 5 heteroatoms. The maximum Gasteiger partial charge on any atom is 0.141 e. The third-order valence-electron chi connectivity index (χ3n) is 4.01. The number of rotatable bonds is 2. The number of nitrogens with zero attached hydrogens (tertiary/aromatic N) is 4. The Hall–Kier alpha value is -2.69. The number of aryl methyl sites for hydroxylation is 1. The summed E-state index contributed by atoms with van der Waals surface area (Å²) in [4.78, 5) is 16.7. The van der Waals surface area contributed by atoms with Gasteiger partial charge >= 0.3 is 0 Å². The third kappa shape index (κ3) is 1.75. The van der Waals surface area contributed by atoms with Crippen LogP contribution in [0.3, 0.4) is 0 Å². The smallest absolute Gasteiger partial charge is 0.141 e. The fourth-order valence-corrected chi connectivity index (χ4v) is 3.17. The Balaban J connectivity index is 2.13. The van der Waals surface area contributed by atoms with E-state index in [9.17, 15) is 0 Å². The van der Waals surface area contributed by atoms with Crippen molar-refractivity contribution in [2.45, 2.75) is 26.8 Å². The van der Waals surface area contributed by atoms with Crippen molar-refractivity contribution in [2.75, 3.05) is 0 Å². The monoisotopic (exact) mass is 291 g/mol. The highest BCUT2D eigenvalue weighted by atomic mass is 15.1. The highest BCUT2D eigenvalue weighted by Crippen LogP contribution is 2.33. The first-order valence-electron chi connectivity index (χ1n) is 7.43. The Morgan fingerprint density at radius 2 is 2.00 bits per heavy atom. The van der Waals surface area contributed by atoms with E-state index >= 15 is 0 Å². The number of benzene rings is 1. The number of nitrogens with one attached hydrogen (secondary N) is 1. The summed E-state index contributed by atoms with van der Waals surface area (Å²) in [6.45, 7) is 6.41. The number of hydrogen-bond acceptors (Lipinski definition) is 3. The van der Waals surface area contributed by atoms with E-state index in [-0.39, 0.29) is 0 Å². The Bertz CT molecular complexity index is 977. The van der Waals surface area contributed by atoms with E-state index in [1.165, 1.54) is 0 Å². The number of H-pyrrole nitrogens is 1. The summed E-state index contributed by atoms with van der Waals surface area (Å²) in [5, 5.41) is 1.03. The van der Waals surface area contributed by atoms with Crippen molar-refractivity contribution in [1.82, 2.24) is 24.5 Å². The molecule has 0 spiro atoms. The van der Waals surface area contributed by atoms with Gasteiger partial charge in [-0.05, 0) is 32.9 Å². The molecule has 0 unspecified atom stereocenters. The van der Waals surface area contributed by atoms with Gasteiger partial charge in [0.25, 0.3) is 0 Å². The van der Waals surface area contributed by atoms with Crippen LogP contribution < -0.4 is 0 Å². The van der Waals surface area contributed by atoms with Gasteiger partial charge in [0.05, 0.1) is 16.7 Å². The van der Waals surface area contributed by atoms with E-state index in [2.05, 4.69) is 52.4 Å². The SMILES string of the molecule is Cc1nc2cccc(-c3ncnc4[nH]ccc34)c2n1C(C)C. The maximum atomic E-state index is 4.70. The highest BCUT2D eigenvalue weighted by molar-refractivity contribution is 6.00. The standard InChI is InChI=1S/C17H17N5/c1-10(2)22-11(3)21-14-6-4-5-12(16(14)22)15-13-7-8-18-17(13)20-9-19-15/h4-10H,1-3H3,(H,18,19,20).